The number of hydrogen-bond acceptors (Lipinski definition) is 6. The number of nitrogens with one attached hydrogen (secondary N) is 1. The van der Waals surface area contributed by atoms with Crippen molar-refractivity contribution in [1.29, 1.82) is 0 Å². The van der Waals surface area contributed by atoms with Crippen LogP contribution in [0.5, 0.6) is 0 Å². The van der Waals surface area contributed by atoms with E-state index in [4.69, 9.17) is 9.72 Å². The zero-order valence-corrected chi connectivity index (χ0v) is 24.6. The average molecular weight is 558 g/mol. The number of aryl methyl sites for hydroxylation is 1. The second-order valence-corrected chi connectivity index (χ2v) is 10.8. The van der Waals surface area contributed by atoms with Gasteiger partial charge in [-0.2, -0.15) is 0 Å². The molecule has 0 unspecified atom stereocenters. The van der Waals surface area contributed by atoms with Crippen molar-refractivity contribution in [1.82, 2.24) is 9.88 Å². The maximum Gasteiger partial charge on any atom is 0.341 e. The summed E-state index contributed by atoms with van der Waals surface area (Å²) >= 11 is 1.10. The molecule has 2 heterocycles. The zero-order chi connectivity index (χ0) is 29.0. The highest BCUT2D eigenvalue weighted by atomic mass is 32.1. The Kier molecular flexibility index (Phi) is 9.00. The number of carbonyl (C=O) groups is 3. The minimum absolute atomic E-state index is 0.182. The summed E-state index contributed by atoms with van der Waals surface area (Å²) in [6.45, 7) is 12.2. The van der Waals surface area contributed by atoms with Crippen LogP contribution in [-0.4, -0.2) is 46.9 Å². The highest BCUT2D eigenvalue weighted by Crippen LogP contribution is 2.36. The Morgan fingerprint density at radius 3 is 2.30 bits per heavy atom. The Labute approximate surface area is 239 Å². The number of nitrogens with zero attached hydrogens (tertiary/aromatic N) is 2. The number of fused-ring (bicyclic) bond motifs is 1. The predicted molar refractivity (Wildman–Crippen MR) is 161 cm³/mol. The van der Waals surface area contributed by atoms with Crippen molar-refractivity contribution in [3.8, 4) is 11.3 Å². The standard InChI is InChI=1S/C32H35N3O4S/c1-7-21-14-16-22(17-15-21)26-18-24(23-12-10-11-13-25(23)33-26)29(36)34-30-27(32(38)39-19(4)5)20(6)28(40-30)31(37)35(8-2)9-3/h10-19H,7-9H2,1-6H3,(H,34,36). The van der Waals surface area contributed by atoms with Gasteiger partial charge in [0.15, 0.2) is 0 Å². The van der Waals surface area contributed by atoms with Gasteiger partial charge in [0.2, 0.25) is 0 Å². The lowest BCUT2D eigenvalue weighted by Gasteiger charge is -2.18. The molecule has 2 amide bonds. The summed E-state index contributed by atoms with van der Waals surface area (Å²) in [5.74, 6) is -1.15. The van der Waals surface area contributed by atoms with Gasteiger partial charge in [0.25, 0.3) is 11.8 Å². The minimum Gasteiger partial charge on any atom is -0.459 e. The van der Waals surface area contributed by atoms with E-state index in [1.165, 1.54) is 5.56 Å². The number of benzene rings is 2. The summed E-state index contributed by atoms with van der Waals surface area (Å²) in [6.07, 6.45) is 0.572. The third-order valence-corrected chi connectivity index (χ3v) is 7.98. The van der Waals surface area contributed by atoms with Crippen LogP contribution in [0.2, 0.25) is 0 Å². The topological polar surface area (TPSA) is 88.6 Å². The van der Waals surface area contributed by atoms with E-state index in [0.717, 1.165) is 23.3 Å². The molecule has 0 bridgehead atoms. The number of anilines is 1. The molecule has 0 atom stereocenters. The number of pyridine rings is 1. The van der Waals surface area contributed by atoms with Gasteiger partial charge < -0.3 is 15.0 Å². The molecule has 8 heteroatoms. The normalized spacial score (nSPS) is 11.1. The number of aromatic nitrogens is 1. The maximum atomic E-state index is 13.9. The first kappa shape index (κ1) is 29.0. The SMILES string of the molecule is CCc1ccc(-c2cc(C(=O)Nc3sc(C(=O)N(CC)CC)c(C)c3C(=O)OC(C)C)c3ccccc3n2)cc1. The first-order chi connectivity index (χ1) is 19.2. The third-order valence-electron chi connectivity index (χ3n) is 6.78. The fourth-order valence-corrected chi connectivity index (χ4v) is 5.73. The van der Waals surface area contributed by atoms with E-state index in [-0.39, 0.29) is 17.6 Å². The van der Waals surface area contributed by atoms with Gasteiger partial charge in [-0.15, -0.1) is 11.3 Å². The number of para-hydroxylation sites is 1. The smallest absolute Gasteiger partial charge is 0.341 e. The van der Waals surface area contributed by atoms with Crippen molar-refractivity contribution in [3.05, 3.63) is 81.7 Å². The first-order valence-electron chi connectivity index (χ1n) is 13.6. The molecule has 208 valence electrons. The number of carbonyl (C=O) groups excluding carboxylic acids is 3. The van der Waals surface area contributed by atoms with Gasteiger partial charge in [-0.1, -0.05) is 49.4 Å². The van der Waals surface area contributed by atoms with Gasteiger partial charge >= 0.3 is 5.97 Å². The minimum atomic E-state index is -0.575. The Morgan fingerprint density at radius 2 is 1.68 bits per heavy atom. The largest absolute Gasteiger partial charge is 0.459 e. The molecular weight excluding hydrogens is 522 g/mol. The van der Waals surface area contributed by atoms with Crippen LogP contribution < -0.4 is 5.32 Å². The van der Waals surface area contributed by atoms with Crippen LogP contribution in [-0.2, 0) is 11.2 Å². The number of esters is 1. The van der Waals surface area contributed by atoms with Crippen molar-refractivity contribution in [2.75, 3.05) is 18.4 Å². The van der Waals surface area contributed by atoms with Crippen LogP contribution >= 0.6 is 11.3 Å². The molecule has 0 aliphatic rings. The Hall–Kier alpha value is -4.04. The fraction of sp³-hybridized carbons (Fsp3) is 0.312. The van der Waals surface area contributed by atoms with Gasteiger partial charge in [-0.25, -0.2) is 9.78 Å². The molecule has 7 nitrogen and oxygen atoms in total. The van der Waals surface area contributed by atoms with E-state index >= 15 is 0 Å². The number of thiophene rings is 1. The van der Waals surface area contributed by atoms with Crippen LogP contribution in [0.3, 0.4) is 0 Å². The van der Waals surface area contributed by atoms with Crippen molar-refractivity contribution >= 4 is 45.0 Å². The van der Waals surface area contributed by atoms with Gasteiger partial charge in [-0.05, 0) is 64.3 Å². The van der Waals surface area contributed by atoms with E-state index in [9.17, 15) is 14.4 Å². The number of ether oxygens (including phenoxy) is 1. The molecule has 2 aromatic carbocycles. The second-order valence-electron chi connectivity index (χ2n) is 9.77. The zero-order valence-electron chi connectivity index (χ0n) is 23.8. The second kappa shape index (κ2) is 12.4. The van der Waals surface area contributed by atoms with Crippen LogP contribution in [0.25, 0.3) is 22.2 Å². The van der Waals surface area contributed by atoms with E-state index in [2.05, 4.69) is 24.4 Å². The lowest BCUT2D eigenvalue weighted by atomic mass is 10.0. The molecule has 0 spiro atoms. The Morgan fingerprint density at radius 1 is 1.00 bits per heavy atom. The number of hydrogen-bond donors (Lipinski definition) is 1. The molecule has 0 aliphatic heterocycles. The van der Waals surface area contributed by atoms with E-state index in [1.54, 1.807) is 31.7 Å². The molecule has 4 rings (SSSR count). The van der Waals surface area contributed by atoms with Gasteiger partial charge in [0.1, 0.15) is 5.00 Å². The van der Waals surface area contributed by atoms with Crippen molar-refractivity contribution < 1.29 is 19.1 Å². The van der Waals surface area contributed by atoms with Gasteiger partial charge in [0.05, 0.1) is 33.3 Å². The Balaban J connectivity index is 1.80. The summed E-state index contributed by atoms with van der Waals surface area (Å²) in [4.78, 5) is 47.2. The molecule has 4 aromatic rings. The Bertz CT molecular complexity index is 1550. The van der Waals surface area contributed by atoms with Gasteiger partial charge in [0, 0.05) is 24.0 Å². The van der Waals surface area contributed by atoms with Crippen LogP contribution in [0.1, 0.15) is 76.1 Å². The molecule has 0 aliphatic carbocycles. The summed E-state index contributed by atoms with van der Waals surface area (Å²) in [6, 6.07) is 17.4. The quantitative estimate of drug-likeness (QED) is 0.221. The van der Waals surface area contributed by atoms with Crippen LogP contribution in [0.15, 0.2) is 54.6 Å². The highest BCUT2D eigenvalue weighted by Gasteiger charge is 2.29. The molecule has 2 aromatic heterocycles. The first-order valence-corrected chi connectivity index (χ1v) is 14.4. The maximum absolute atomic E-state index is 13.9. The fourth-order valence-electron chi connectivity index (χ4n) is 4.57. The van der Waals surface area contributed by atoms with Crippen molar-refractivity contribution in [3.63, 3.8) is 0 Å². The molecule has 0 radical (unpaired) electrons. The predicted octanol–water partition coefficient (Wildman–Crippen LogP) is 7.13. The third kappa shape index (κ3) is 5.92. The number of rotatable bonds is 9. The number of amides is 2. The monoisotopic (exact) mass is 557 g/mol. The van der Waals surface area contributed by atoms with E-state index in [0.29, 0.717) is 50.7 Å². The van der Waals surface area contributed by atoms with Crippen LogP contribution in [0.4, 0.5) is 5.00 Å². The highest BCUT2D eigenvalue weighted by molar-refractivity contribution is 7.18. The van der Waals surface area contributed by atoms with Crippen LogP contribution in [0, 0.1) is 6.92 Å². The summed E-state index contributed by atoms with van der Waals surface area (Å²) < 4.78 is 5.50. The van der Waals surface area contributed by atoms with E-state index in [1.807, 2.05) is 50.2 Å². The van der Waals surface area contributed by atoms with Crippen molar-refractivity contribution in [2.45, 2.75) is 54.1 Å². The molecule has 40 heavy (non-hydrogen) atoms. The average Bonchev–Trinajstić information content (AvgIpc) is 3.27. The van der Waals surface area contributed by atoms with Gasteiger partial charge in [-0.3, -0.25) is 9.59 Å². The lowest BCUT2D eigenvalue weighted by molar-refractivity contribution is 0.0379. The molecule has 0 fully saturated rings. The molecular formula is C32H35N3O4S. The summed E-state index contributed by atoms with van der Waals surface area (Å²) in [7, 11) is 0. The molecule has 1 N–H and O–H groups in total. The summed E-state index contributed by atoms with van der Waals surface area (Å²) in [5.41, 5.74) is 4.60. The lowest BCUT2D eigenvalue weighted by Crippen LogP contribution is -2.30. The molecule has 0 saturated carbocycles. The van der Waals surface area contributed by atoms with Crippen molar-refractivity contribution in [2.24, 2.45) is 0 Å². The summed E-state index contributed by atoms with van der Waals surface area (Å²) in [5, 5.41) is 3.92. The van der Waals surface area contributed by atoms with E-state index < -0.39 is 11.9 Å². The molecule has 0 saturated heterocycles.